The lowest BCUT2D eigenvalue weighted by atomic mass is 9.78. The van der Waals surface area contributed by atoms with Crippen LogP contribution in [0.2, 0.25) is 0 Å². The Hall–Kier alpha value is -0.750. The number of ether oxygens (including phenoxy) is 1. The van der Waals surface area contributed by atoms with E-state index in [1.807, 2.05) is 0 Å². The fourth-order valence-electron chi connectivity index (χ4n) is 5.07. The molecule has 4 aliphatic rings. The maximum absolute atomic E-state index is 12.8. The third-order valence-corrected chi connectivity index (χ3v) is 6.64. The van der Waals surface area contributed by atoms with Crippen molar-refractivity contribution in [2.75, 3.05) is 26.2 Å². The largest absolute Gasteiger partial charge is 0.372 e. The van der Waals surface area contributed by atoms with Crippen molar-refractivity contribution in [3.8, 4) is 0 Å². The van der Waals surface area contributed by atoms with Crippen LogP contribution in [0, 0.1) is 11.8 Å². The van der Waals surface area contributed by atoms with Crippen molar-refractivity contribution in [2.24, 2.45) is 11.8 Å². The van der Waals surface area contributed by atoms with Gasteiger partial charge in [0.1, 0.15) is 0 Å². The SMILES string of the molecule is O=C(NCC[C@H]1CCOC12CN(C1CCCC1)C2)C1CC(F)(F)C1. The van der Waals surface area contributed by atoms with E-state index in [4.69, 9.17) is 4.74 Å². The molecule has 2 aliphatic heterocycles. The number of nitrogens with zero attached hydrogens (tertiary/aromatic N) is 1. The molecule has 6 heteroatoms. The number of halogens is 2. The summed E-state index contributed by atoms with van der Waals surface area (Å²) in [6, 6.07) is 0.750. The molecule has 0 aromatic carbocycles. The molecule has 2 aliphatic carbocycles. The fraction of sp³-hybridized carbons (Fsp3) is 0.944. The average molecular weight is 342 g/mol. The number of amides is 1. The maximum atomic E-state index is 12.8. The highest BCUT2D eigenvalue weighted by molar-refractivity contribution is 5.79. The minimum Gasteiger partial charge on any atom is -0.372 e. The second-order valence-corrected chi connectivity index (χ2v) is 8.28. The minimum atomic E-state index is -2.62. The zero-order chi connectivity index (χ0) is 16.8. The molecular formula is C18H28F2N2O2. The van der Waals surface area contributed by atoms with Gasteiger partial charge in [0, 0.05) is 51.0 Å². The zero-order valence-electron chi connectivity index (χ0n) is 14.2. The third kappa shape index (κ3) is 3.07. The first-order chi connectivity index (χ1) is 11.5. The van der Waals surface area contributed by atoms with Crippen LogP contribution in [0.3, 0.4) is 0 Å². The van der Waals surface area contributed by atoms with Crippen molar-refractivity contribution < 1.29 is 18.3 Å². The minimum absolute atomic E-state index is 0.00316. The Balaban J connectivity index is 1.20. The Bertz CT molecular complexity index is 479. The second-order valence-electron chi connectivity index (χ2n) is 8.28. The van der Waals surface area contributed by atoms with Crippen molar-refractivity contribution in [3.63, 3.8) is 0 Å². The predicted molar refractivity (Wildman–Crippen MR) is 85.9 cm³/mol. The molecule has 2 heterocycles. The van der Waals surface area contributed by atoms with Crippen LogP contribution in [0.25, 0.3) is 0 Å². The summed E-state index contributed by atoms with van der Waals surface area (Å²) in [5.41, 5.74) is -0.00316. The van der Waals surface area contributed by atoms with Crippen molar-refractivity contribution in [1.29, 1.82) is 0 Å². The molecule has 1 amide bonds. The number of rotatable bonds is 5. The van der Waals surface area contributed by atoms with E-state index in [9.17, 15) is 13.6 Å². The number of carbonyl (C=O) groups excluding carboxylic acids is 1. The van der Waals surface area contributed by atoms with Gasteiger partial charge < -0.3 is 10.1 Å². The molecule has 1 atom stereocenters. The number of carbonyl (C=O) groups is 1. The monoisotopic (exact) mass is 342 g/mol. The lowest BCUT2D eigenvalue weighted by Gasteiger charge is -2.53. The van der Waals surface area contributed by atoms with E-state index in [1.54, 1.807) is 0 Å². The van der Waals surface area contributed by atoms with Crippen LogP contribution in [-0.2, 0) is 9.53 Å². The predicted octanol–water partition coefficient (Wildman–Crippen LogP) is 2.57. The average Bonchev–Trinajstić information content (AvgIpc) is 3.11. The van der Waals surface area contributed by atoms with Gasteiger partial charge >= 0.3 is 0 Å². The summed E-state index contributed by atoms with van der Waals surface area (Å²) in [5, 5.41) is 2.86. The highest BCUT2D eigenvalue weighted by Gasteiger charge is 2.54. The number of likely N-dealkylation sites (tertiary alicyclic amines) is 1. The van der Waals surface area contributed by atoms with Crippen LogP contribution >= 0.6 is 0 Å². The molecule has 24 heavy (non-hydrogen) atoms. The van der Waals surface area contributed by atoms with Crippen molar-refractivity contribution >= 4 is 5.91 Å². The van der Waals surface area contributed by atoms with Crippen molar-refractivity contribution in [3.05, 3.63) is 0 Å². The first-order valence-corrected chi connectivity index (χ1v) is 9.51. The van der Waals surface area contributed by atoms with Gasteiger partial charge in [-0.1, -0.05) is 12.8 Å². The molecule has 4 nitrogen and oxygen atoms in total. The summed E-state index contributed by atoms with van der Waals surface area (Å²) >= 11 is 0. The number of alkyl halides is 2. The molecule has 1 N–H and O–H groups in total. The van der Waals surface area contributed by atoms with Crippen LogP contribution in [0.1, 0.15) is 51.4 Å². The Morgan fingerprint density at radius 2 is 1.88 bits per heavy atom. The Kier molecular flexibility index (Phi) is 4.32. The molecule has 2 saturated carbocycles. The topological polar surface area (TPSA) is 41.6 Å². The third-order valence-electron chi connectivity index (χ3n) is 6.64. The molecule has 0 aromatic rings. The van der Waals surface area contributed by atoms with Crippen LogP contribution in [0.4, 0.5) is 8.78 Å². The zero-order valence-corrected chi connectivity index (χ0v) is 14.2. The molecule has 1 spiro atoms. The summed E-state index contributed by atoms with van der Waals surface area (Å²) in [5.74, 6) is -2.83. The Morgan fingerprint density at radius 3 is 2.54 bits per heavy atom. The van der Waals surface area contributed by atoms with Gasteiger partial charge in [-0.25, -0.2) is 8.78 Å². The molecule has 4 rings (SSSR count). The smallest absolute Gasteiger partial charge is 0.249 e. The summed E-state index contributed by atoms with van der Waals surface area (Å²) in [6.45, 7) is 3.46. The normalized spacial score (nSPS) is 32.7. The first-order valence-electron chi connectivity index (χ1n) is 9.51. The number of hydrogen-bond donors (Lipinski definition) is 1. The molecule has 4 fully saturated rings. The molecule has 0 bridgehead atoms. The Morgan fingerprint density at radius 1 is 1.17 bits per heavy atom. The van der Waals surface area contributed by atoms with Gasteiger partial charge in [0.25, 0.3) is 0 Å². The molecule has 2 saturated heterocycles. The Labute approximate surface area is 142 Å². The maximum Gasteiger partial charge on any atom is 0.249 e. The van der Waals surface area contributed by atoms with E-state index in [0.717, 1.165) is 38.6 Å². The number of nitrogens with one attached hydrogen (secondary N) is 1. The molecule has 136 valence electrons. The van der Waals surface area contributed by atoms with E-state index >= 15 is 0 Å². The van der Waals surface area contributed by atoms with Crippen LogP contribution in [0.15, 0.2) is 0 Å². The highest BCUT2D eigenvalue weighted by atomic mass is 19.3. The molecule has 0 radical (unpaired) electrons. The van der Waals surface area contributed by atoms with Crippen LogP contribution in [-0.4, -0.2) is 54.6 Å². The van der Waals surface area contributed by atoms with E-state index in [0.29, 0.717) is 12.5 Å². The highest BCUT2D eigenvalue weighted by Crippen LogP contribution is 2.44. The van der Waals surface area contributed by atoms with Gasteiger partial charge in [0.15, 0.2) is 0 Å². The van der Waals surface area contributed by atoms with E-state index in [1.165, 1.54) is 25.7 Å². The molecule has 0 aromatic heterocycles. The van der Waals surface area contributed by atoms with Crippen molar-refractivity contribution in [2.45, 2.75) is 68.9 Å². The van der Waals surface area contributed by atoms with Gasteiger partial charge in [0.05, 0.1) is 5.60 Å². The molecular weight excluding hydrogens is 314 g/mol. The van der Waals surface area contributed by atoms with Crippen LogP contribution in [0.5, 0.6) is 0 Å². The second kappa shape index (κ2) is 6.20. The van der Waals surface area contributed by atoms with Crippen molar-refractivity contribution in [1.82, 2.24) is 10.2 Å². The van der Waals surface area contributed by atoms with Gasteiger partial charge in [-0.2, -0.15) is 0 Å². The summed E-state index contributed by atoms with van der Waals surface area (Å²) in [6.07, 6.45) is 6.72. The van der Waals surface area contributed by atoms with Gasteiger partial charge in [-0.05, 0) is 31.6 Å². The summed E-state index contributed by atoms with van der Waals surface area (Å²) in [7, 11) is 0. The van der Waals surface area contributed by atoms with Crippen LogP contribution < -0.4 is 5.32 Å². The first kappa shape index (κ1) is 16.7. The van der Waals surface area contributed by atoms with E-state index in [2.05, 4.69) is 10.2 Å². The summed E-state index contributed by atoms with van der Waals surface area (Å²) in [4.78, 5) is 14.4. The number of hydrogen-bond acceptors (Lipinski definition) is 3. The van der Waals surface area contributed by atoms with Gasteiger partial charge in [-0.15, -0.1) is 0 Å². The lowest BCUT2D eigenvalue weighted by Crippen LogP contribution is -2.66. The van der Waals surface area contributed by atoms with E-state index < -0.39 is 11.8 Å². The van der Waals surface area contributed by atoms with E-state index in [-0.39, 0.29) is 24.3 Å². The molecule has 0 unspecified atom stereocenters. The summed E-state index contributed by atoms with van der Waals surface area (Å²) < 4.78 is 31.8. The van der Waals surface area contributed by atoms with Gasteiger partial charge in [0.2, 0.25) is 11.8 Å². The fourth-order valence-corrected chi connectivity index (χ4v) is 5.07. The quantitative estimate of drug-likeness (QED) is 0.835. The standard InChI is InChI=1S/C18H28F2N2O2/c19-18(20)9-13(10-18)16(23)21-7-5-14-6-8-24-17(14)11-22(12-17)15-3-1-2-4-15/h13-15H,1-12H2,(H,21,23)/t14-/m0/s1. The van der Waals surface area contributed by atoms with Gasteiger partial charge in [-0.3, -0.25) is 9.69 Å². The lowest BCUT2D eigenvalue weighted by molar-refractivity contribution is -0.151.